The number of ether oxygens (including phenoxy) is 1. The molecule has 1 N–H and O–H groups in total. The average Bonchev–Trinajstić information content (AvgIpc) is 3.72. The number of hydrogen-bond acceptors (Lipinski definition) is 6. The normalized spacial score (nSPS) is 26.8. The number of piperidine rings is 1. The van der Waals surface area contributed by atoms with Gasteiger partial charge in [-0.25, -0.2) is 4.39 Å². The van der Waals surface area contributed by atoms with Crippen LogP contribution in [0.3, 0.4) is 0 Å². The summed E-state index contributed by atoms with van der Waals surface area (Å²) in [6.07, 6.45) is 4.00. The largest absolute Gasteiger partial charge is 0.371 e. The smallest absolute Gasteiger partial charge is 0.251 e. The Morgan fingerprint density at radius 2 is 1.82 bits per heavy atom. The maximum absolute atomic E-state index is 14.5. The number of epoxide rings is 1. The number of likely N-dealkylation sites (tertiary alicyclic amines) is 1. The van der Waals surface area contributed by atoms with Crippen molar-refractivity contribution in [2.24, 2.45) is 17.8 Å². The standard InChI is InChI=1S/C32H36FN5O2/c33-26-4-1-3-25(15-26)32(21-35,28-5-2-6-29(28)36-31(39)30-20-40-30)24-11-13-37(14-12-24)17-23-18-38(19-23)27-9-7-22(16-34)8-10-27/h1,3-4,7-10,15,23-24,28-30H,2,5-6,11-14,17-20H2,(H,36,39). The van der Waals surface area contributed by atoms with Gasteiger partial charge in [-0.1, -0.05) is 18.6 Å². The van der Waals surface area contributed by atoms with Gasteiger partial charge in [0.25, 0.3) is 5.91 Å². The number of halogens is 1. The number of nitrogens with one attached hydrogen (secondary N) is 1. The van der Waals surface area contributed by atoms with Crippen molar-refractivity contribution in [3.05, 3.63) is 65.5 Å². The molecule has 1 aliphatic carbocycles. The Morgan fingerprint density at radius 3 is 2.48 bits per heavy atom. The lowest BCUT2D eigenvalue weighted by atomic mass is 9.59. The van der Waals surface area contributed by atoms with Crippen molar-refractivity contribution >= 4 is 11.6 Å². The van der Waals surface area contributed by atoms with Gasteiger partial charge in [0.15, 0.2) is 6.10 Å². The van der Waals surface area contributed by atoms with Crippen LogP contribution in [0.1, 0.15) is 43.2 Å². The van der Waals surface area contributed by atoms with Gasteiger partial charge >= 0.3 is 0 Å². The zero-order valence-corrected chi connectivity index (χ0v) is 22.8. The highest BCUT2D eigenvalue weighted by atomic mass is 19.1. The van der Waals surface area contributed by atoms with E-state index in [1.54, 1.807) is 12.1 Å². The summed E-state index contributed by atoms with van der Waals surface area (Å²) in [7, 11) is 0. The molecular weight excluding hydrogens is 505 g/mol. The number of nitriles is 2. The van der Waals surface area contributed by atoms with Crippen molar-refractivity contribution < 1.29 is 13.9 Å². The number of benzene rings is 2. The molecule has 4 atom stereocenters. The second-order valence-corrected chi connectivity index (χ2v) is 12.0. The van der Waals surface area contributed by atoms with Gasteiger partial charge in [-0.3, -0.25) is 4.79 Å². The van der Waals surface area contributed by atoms with E-state index in [2.05, 4.69) is 27.3 Å². The Labute approximate surface area is 235 Å². The van der Waals surface area contributed by atoms with E-state index in [0.29, 0.717) is 18.1 Å². The molecule has 6 rings (SSSR count). The van der Waals surface area contributed by atoms with E-state index >= 15 is 0 Å². The van der Waals surface area contributed by atoms with Crippen molar-refractivity contribution in [3.63, 3.8) is 0 Å². The number of amides is 1. The molecule has 8 heteroatoms. The Bertz CT molecular complexity index is 1300. The fourth-order valence-electron chi connectivity index (χ4n) is 7.47. The van der Waals surface area contributed by atoms with Gasteiger partial charge in [0.1, 0.15) is 5.82 Å². The maximum atomic E-state index is 14.5. The van der Waals surface area contributed by atoms with Crippen LogP contribution in [0.25, 0.3) is 0 Å². The first-order chi connectivity index (χ1) is 19.5. The first kappa shape index (κ1) is 26.7. The molecule has 0 spiro atoms. The molecule has 1 saturated carbocycles. The van der Waals surface area contributed by atoms with Crippen molar-refractivity contribution in [1.82, 2.24) is 10.2 Å². The van der Waals surface area contributed by atoms with Crippen LogP contribution in [0.5, 0.6) is 0 Å². The molecule has 3 saturated heterocycles. The first-order valence-corrected chi connectivity index (χ1v) is 14.6. The number of carbonyl (C=O) groups is 1. The summed E-state index contributed by atoms with van der Waals surface area (Å²) in [5, 5.41) is 23.1. The highest BCUT2D eigenvalue weighted by molar-refractivity contribution is 5.83. The van der Waals surface area contributed by atoms with Crippen LogP contribution >= 0.6 is 0 Å². The van der Waals surface area contributed by atoms with Gasteiger partial charge in [0, 0.05) is 43.2 Å². The molecule has 1 amide bonds. The number of nitrogens with zero attached hydrogens (tertiary/aromatic N) is 4. The zero-order valence-electron chi connectivity index (χ0n) is 22.8. The Balaban J connectivity index is 1.13. The molecule has 0 radical (unpaired) electrons. The molecule has 0 bridgehead atoms. The molecule has 208 valence electrons. The topological polar surface area (TPSA) is 95.7 Å². The molecule has 3 aliphatic heterocycles. The lowest BCUT2D eigenvalue weighted by Gasteiger charge is -2.48. The third-order valence-corrected chi connectivity index (χ3v) is 9.61. The summed E-state index contributed by atoms with van der Waals surface area (Å²) < 4.78 is 19.7. The highest BCUT2D eigenvalue weighted by Crippen LogP contribution is 2.50. The molecule has 3 heterocycles. The molecule has 4 aliphatic rings. The van der Waals surface area contributed by atoms with Crippen LogP contribution in [0, 0.1) is 46.2 Å². The van der Waals surface area contributed by atoms with Crippen molar-refractivity contribution in [1.29, 1.82) is 10.5 Å². The van der Waals surface area contributed by atoms with Crippen molar-refractivity contribution in [2.45, 2.75) is 49.7 Å². The third-order valence-electron chi connectivity index (χ3n) is 9.61. The third kappa shape index (κ3) is 5.19. The minimum atomic E-state index is -0.851. The fourth-order valence-corrected chi connectivity index (χ4v) is 7.47. The Morgan fingerprint density at radius 1 is 1.07 bits per heavy atom. The molecule has 2 aromatic carbocycles. The predicted octanol–water partition coefficient (Wildman–Crippen LogP) is 3.99. The summed E-state index contributed by atoms with van der Waals surface area (Å²) in [5.74, 6) is 0.206. The molecule has 7 nitrogen and oxygen atoms in total. The monoisotopic (exact) mass is 541 g/mol. The average molecular weight is 542 g/mol. The van der Waals surface area contributed by atoms with Crippen LogP contribution in [-0.2, 0) is 14.9 Å². The number of carbonyl (C=O) groups excluding carboxylic acids is 1. The molecule has 4 fully saturated rings. The van der Waals surface area contributed by atoms with Crippen LogP contribution in [-0.4, -0.2) is 62.3 Å². The lowest BCUT2D eigenvalue weighted by Crippen LogP contribution is -2.55. The number of anilines is 1. The van der Waals surface area contributed by atoms with E-state index in [1.165, 1.54) is 6.07 Å². The zero-order chi connectivity index (χ0) is 27.7. The minimum absolute atomic E-state index is 0.0637. The SMILES string of the molecule is N#Cc1ccc(N2CC(CN3CCC(C(C#N)(c4cccc(F)c4)C4CCCC4NC(=O)C4CO4)CC3)C2)cc1. The molecular formula is C32H36FN5O2. The van der Waals surface area contributed by atoms with Crippen molar-refractivity contribution in [2.75, 3.05) is 44.2 Å². The van der Waals surface area contributed by atoms with E-state index in [9.17, 15) is 14.4 Å². The quantitative estimate of drug-likeness (QED) is 0.508. The molecule has 2 aromatic rings. The Hall–Kier alpha value is -3.46. The second kappa shape index (κ2) is 11.2. The summed E-state index contributed by atoms with van der Waals surface area (Å²) in [5.41, 5.74) is 1.74. The Kier molecular flexibility index (Phi) is 7.49. The van der Waals surface area contributed by atoms with E-state index < -0.39 is 5.41 Å². The summed E-state index contributed by atoms with van der Waals surface area (Å²) in [6.45, 7) is 5.33. The van der Waals surface area contributed by atoms with Gasteiger partial charge in [0.2, 0.25) is 0 Å². The van der Waals surface area contributed by atoms with E-state index in [1.807, 2.05) is 30.3 Å². The summed E-state index contributed by atoms with van der Waals surface area (Å²) >= 11 is 0. The fraction of sp³-hybridized carbons (Fsp3) is 0.531. The van der Waals surface area contributed by atoms with Crippen LogP contribution in [0.4, 0.5) is 10.1 Å². The lowest BCUT2D eigenvalue weighted by molar-refractivity contribution is -0.123. The van der Waals surface area contributed by atoms with Gasteiger partial charge in [-0.15, -0.1) is 0 Å². The summed E-state index contributed by atoms with van der Waals surface area (Å²) in [6, 6.07) is 19.2. The van der Waals surface area contributed by atoms with Gasteiger partial charge in [-0.05, 0) is 86.7 Å². The van der Waals surface area contributed by atoms with Crippen LogP contribution < -0.4 is 10.2 Å². The highest BCUT2D eigenvalue weighted by Gasteiger charge is 2.53. The molecule has 0 aromatic heterocycles. The second-order valence-electron chi connectivity index (χ2n) is 12.0. The molecule has 4 unspecified atom stereocenters. The first-order valence-electron chi connectivity index (χ1n) is 14.6. The van der Waals surface area contributed by atoms with E-state index in [-0.39, 0.29) is 35.7 Å². The predicted molar refractivity (Wildman–Crippen MR) is 149 cm³/mol. The van der Waals surface area contributed by atoms with E-state index in [4.69, 9.17) is 10.00 Å². The van der Waals surface area contributed by atoms with Gasteiger partial charge in [0.05, 0.1) is 29.7 Å². The number of hydrogen-bond donors (Lipinski definition) is 1. The van der Waals surface area contributed by atoms with Crippen LogP contribution in [0.15, 0.2) is 48.5 Å². The van der Waals surface area contributed by atoms with Crippen molar-refractivity contribution in [3.8, 4) is 12.1 Å². The minimum Gasteiger partial charge on any atom is -0.371 e. The van der Waals surface area contributed by atoms with E-state index in [0.717, 1.165) is 76.1 Å². The summed E-state index contributed by atoms with van der Waals surface area (Å²) in [4.78, 5) is 17.5. The molecule has 40 heavy (non-hydrogen) atoms. The van der Waals surface area contributed by atoms with Gasteiger partial charge < -0.3 is 19.9 Å². The number of rotatable bonds is 8. The maximum Gasteiger partial charge on any atom is 0.251 e. The van der Waals surface area contributed by atoms with Crippen LogP contribution in [0.2, 0.25) is 0 Å². The van der Waals surface area contributed by atoms with Gasteiger partial charge in [-0.2, -0.15) is 10.5 Å².